The van der Waals surface area contributed by atoms with Crippen LogP contribution in [-0.4, -0.2) is 51.0 Å². The summed E-state index contributed by atoms with van der Waals surface area (Å²) in [6.45, 7) is 0.824. The van der Waals surface area contributed by atoms with Crippen molar-refractivity contribution in [3.8, 4) is 28.3 Å². The van der Waals surface area contributed by atoms with Gasteiger partial charge in [-0.3, -0.25) is 0 Å². The van der Waals surface area contributed by atoms with Crippen molar-refractivity contribution >= 4 is 29.7 Å². The van der Waals surface area contributed by atoms with E-state index < -0.39 is 12.6 Å². The molecule has 3 N–H and O–H groups in total. The normalized spacial score (nSPS) is 15.2. The molecular weight excluding hydrogens is 502 g/mol. The van der Waals surface area contributed by atoms with Crippen LogP contribution in [0.5, 0.6) is 5.75 Å². The Bertz CT molecular complexity index is 1370. The molecule has 4 aromatic rings. The van der Waals surface area contributed by atoms with Gasteiger partial charge in [-0.05, 0) is 31.0 Å². The lowest BCUT2D eigenvalue weighted by Crippen LogP contribution is -2.43. The van der Waals surface area contributed by atoms with Crippen LogP contribution in [0, 0.1) is 5.82 Å². The van der Waals surface area contributed by atoms with E-state index in [0.29, 0.717) is 23.9 Å². The molecule has 0 saturated carbocycles. The minimum Gasteiger partial charge on any atom is -0.496 e. The summed E-state index contributed by atoms with van der Waals surface area (Å²) in [5.41, 5.74) is 8.93. The second-order valence-electron chi connectivity index (χ2n) is 8.53. The van der Waals surface area contributed by atoms with Gasteiger partial charge in [-0.2, -0.15) is 5.10 Å². The molecule has 1 aliphatic rings. The molecule has 0 spiro atoms. The Labute approximate surface area is 219 Å². The number of nitrogens with one attached hydrogen (secondary N) is 1. The van der Waals surface area contributed by atoms with Crippen LogP contribution in [0.4, 0.5) is 26.1 Å². The predicted molar refractivity (Wildman–Crippen MR) is 140 cm³/mol. The number of ether oxygens (including phenoxy) is 1. The highest BCUT2D eigenvalue weighted by Gasteiger charge is 2.22. The lowest BCUT2D eigenvalue weighted by molar-refractivity contribution is 0.350. The SMILES string of the molecule is COc1cccc(F)c1-c1nccc(Nc2cc(N3CCC[C@H](N)C3)c(-c3cnn(CF)c3)cn2)n1.Cl. The number of hydrogen-bond donors (Lipinski definition) is 2. The molecule has 5 rings (SSSR count). The molecule has 12 heteroatoms. The summed E-state index contributed by atoms with van der Waals surface area (Å²) in [5, 5.41) is 7.25. The van der Waals surface area contributed by atoms with E-state index in [-0.39, 0.29) is 29.8 Å². The summed E-state index contributed by atoms with van der Waals surface area (Å²) < 4.78 is 34.2. The molecule has 194 valence electrons. The number of methoxy groups -OCH3 is 1. The molecule has 0 amide bonds. The molecule has 0 radical (unpaired) electrons. The molecule has 4 heterocycles. The van der Waals surface area contributed by atoms with Gasteiger partial charge < -0.3 is 20.7 Å². The van der Waals surface area contributed by atoms with Gasteiger partial charge in [0.05, 0.1) is 18.9 Å². The molecular formula is C25H27ClF2N8O. The highest BCUT2D eigenvalue weighted by atomic mass is 35.5. The number of aromatic nitrogens is 5. The highest BCUT2D eigenvalue weighted by Crippen LogP contribution is 2.35. The molecule has 9 nitrogen and oxygen atoms in total. The Hall–Kier alpha value is -3.83. The average molecular weight is 529 g/mol. The largest absolute Gasteiger partial charge is 0.496 e. The van der Waals surface area contributed by atoms with Crippen LogP contribution in [0.2, 0.25) is 0 Å². The fourth-order valence-electron chi connectivity index (χ4n) is 4.37. The van der Waals surface area contributed by atoms with Gasteiger partial charge in [-0.25, -0.2) is 28.4 Å². The number of halogens is 3. The summed E-state index contributed by atoms with van der Waals surface area (Å²) in [7, 11) is 1.47. The van der Waals surface area contributed by atoms with E-state index in [9.17, 15) is 8.78 Å². The van der Waals surface area contributed by atoms with Crippen LogP contribution in [0.1, 0.15) is 12.8 Å². The highest BCUT2D eigenvalue weighted by molar-refractivity contribution is 5.85. The Morgan fingerprint density at radius 1 is 1.19 bits per heavy atom. The Balaban J connectivity index is 0.00000320. The van der Waals surface area contributed by atoms with Crippen LogP contribution in [-0.2, 0) is 6.80 Å². The number of rotatable bonds is 7. The van der Waals surface area contributed by atoms with Gasteiger partial charge in [-0.15, -0.1) is 12.4 Å². The van der Waals surface area contributed by atoms with Crippen molar-refractivity contribution in [3.63, 3.8) is 0 Å². The van der Waals surface area contributed by atoms with E-state index in [1.54, 1.807) is 43.0 Å². The first-order chi connectivity index (χ1) is 17.6. The third-order valence-electron chi connectivity index (χ3n) is 6.08. The summed E-state index contributed by atoms with van der Waals surface area (Å²) >= 11 is 0. The molecule has 1 atom stereocenters. The van der Waals surface area contributed by atoms with Crippen molar-refractivity contribution in [1.29, 1.82) is 0 Å². The quantitative estimate of drug-likeness (QED) is 0.359. The summed E-state index contributed by atoms with van der Waals surface area (Å²) in [5.74, 6) is 1.03. The van der Waals surface area contributed by atoms with Gasteiger partial charge in [0.2, 0.25) is 0 Å². The minimum atomic E-state index is -0.709. The monoisotopic (exact) mass is 528 g/mol. The van der Waals surface area contributed by atoms with Gasteiger partial charge in [0.15, 0.2) is 12.6 Å². The van der Waals surface area contributed by atoms with E-state index in [2.05, 4.69) is 30.3 Å². The number of nitrogens with zero attached hydrogens (tertiary/aromatic N) is 6. The predicted octanol–water partition coefficient (Wildman–Crippen LogP) is 4.57. The zero-order valence-electron chi connectivity index (χ0n) is 20.1. The summed E-state index contributed by atoms with van der Waals surface area (Å²) in [4.78, 5) is 15.5. The van der Waals surface area contributed by atoms with Crippen molar-refractivity contribution < 1.29 is 13.5 Å². The number of piperidine rings is 1. The lowest BCUT2D eigenvalue weighted by Gasteiger charge is -2.34. The molecule has 0 unspecified atom stereocenters. The summed E-state index contributed by atoms with van der Waals surface area (Å²) in [6.07, 6.45) is 8.46. The first-order valence-electron chi connectivity index (χ1n) is 11.6. The fraction of sp³-hybridized carbons (Fsp3) is 0.280. The standard InChI is InChI=1S/C25H26F2N8O.ClH/c1-36-21-6-2-5-19(27)24(21)25-29-8-7-22(33-25)32-23-10-20(34-9-3-4-17(28)14-34)18(12-30-23)16-11-31-35(13-16)15-26;/h2,5-8,10-13,17H,3-4,9,14-15,28H2,1H3,(H,29,30,32,33);1H/t17-;/m0./s1. The Morgan fingerprint density at radius 3 is 2.81 bits per heavy atom. The molecule has 1 saturated heterocycles. The van der Waals surface area contributed by atoms with Crippen LogP contribution in [0.15, 0.2) is 55.1 Å². The Kier molecular flexibility index (Phi) is 8.14. The summed E-state index contributed by atoms with van der Waals surface area (Å²) in [6, 6.07) is 8.20. The van der Waals surface area contributed by atoms with E-state index in [1.165, 1.54) is 17.9 Å². The van der Waals surface area contributed by atoms with Gasteiger partial charge in [0, 0.05) is 60.6 Å². The number of benzene rings is 1. The first kappa shape index (κ1) is 26.2. The van der Waals surface area contributed by atoms with Crippen molar-refractivity contribution in [3.05, 3.63) is 60.9 Å². The molecule has 0 aliphatic carbocycles. The van der Waals surface area contributed by atoms with Crippen molar-refractivity contribution in [2.45, 2.75) is 25.7 Å². The maximum Gasteiger partial charge on any atom is 0.181 e. The molecule has 1 aromatic carbocycles. The van der Waals surface area contributed by atoms with Crippen LogP contribution >= 0.6 is 12.4 Å². The topological polar surface area (TPSA) is 107 Å². The van der Waals surface area contributed by atoms with E-state index in [1.807, 2.05) is 6.07 Å². The van der Waals surface area contributed by atoms with Crippen molar-refractivity contribution in [1.82, 2.24) is 24.7 Å². The van der Waals surface area contributed by atoms with Crippen molar-refractivity contribution in [2.24, 2.45) is 5.73 Å². The van der Waals surface area contributed by atoms with E-state index >= 15 is 0 Å². The zero-order chi connectivity index (χ0) is 25.1. The second kappa shape index (κ2) is 11.5. The first-order valence-corrected chi connectivity index (χ1v) is 11.6. The van der Waals surface area contributed by atoms with Gasteiger partial charge in [0.25, 0.3) is 0 Å². The van der Waals surface area contributed by atoms with E-state index in [4.69, 9.17) is 10.5 Å². The lowest BCUT2D eigenvalue weighted by atomic mass is 10.0. The van der Waals surface area contributed by atoms with Crippen LogP contribution in [0.25, 0.3) is 22.5 Å². The second-order valence-corrected chi connectivity index (χ2v) is 8.53. The number of pyridine rings is 1. The van der Waals surface area contributed by atoms with E-state index in [0.717, 1.165) is 36.2 Å². The molecule has 37 heavy (non-hydrogen) atoms. The maximum absolute atomic E-state index is 14.6. The number of alkyl halides is 1. The van der Waals surface area contributed by atoms with Crippen LogP contribution < -0.4 is 20.7 Å². The van der Waals surface area contributed by atoms with Gasteiger partial charge >= 0.3 is 0 Å². The van der Waals surface area contributed by atoms with Gasteiger partial charge in [-0.1, -0.05) is 6.07 Å². The number of nitrogens with two attached hydrogens (primary N) is 1. The molecule has 1 fully saturated rings. The fourth-order valence-corrected chi connectivity index (χ4v) is 4.37. The maximum atomic E-state index is 14.6. The van der Waals surface area contributed by atoms with Crippen LogP contribution in [0.3, 0.4) is 0 Å². The smallest absolute Gasteiger partial charge is 0.181 e. The third-order valence-corrected chi connectivity index (χ3v) is 6.08. The average Bonchev–Trinajstić information content (AvgIpc) is 3.38. The molecule has 3 aromatic heterocycles. The van der Waals surface area contributed by atoms with Crippen molar-refractivity contribution in [2.75, 3.05) is 30.4 Å². The number of anilines is 3. The molecule has 1 aliphatic heterocycles. The molecule has 0 bridgehead atoms. The van der Waals surface area contributed by atoms with Gasteiger partial charge in [0.1, 0.15) is 23.2 Å². The minimum absolute atomic E-state index is 0. The zero-order valence-corrected chi connectivity index (χ0v) is 21.0. The third kappa shape index (κ3) is 5.62. The number of hydrogen-bond acceptors (Lipinski definition) is 8. The Morgan fingerprint density at radius 2 is 2.05 bits per heavy atom.